The Hall–Kier alpha value is -1.45. The molecule has 1 saturated heterocycles. The molecule has 1 fully saturated rings. The zero-order valence-electron chi connectivity index (χ0n) is 15.4. The first kappa shape index (κ1) is 20.3. The highest BCUT2D eigenvalue weighted by atomic mass is 127. The van der Waals surface area contributed by atoms with E-state index >= 15 is 0 Å². The van der Waals surface area contributed by atoms with Crippen molar-refractivity contribution in [3.05, 3.63) is 57.2 Å². The predicted molar refractivity (Wildman–Crippen MR) is 115 cm³/mol. The number of benzene rings is 2. The largest absolute Gasteiger partial charge is 0.326 e. The molecule has 0 unspecified atom stereocenters. The zero-order chi connectivity index (χ0) is 19.6. The van der Waals surface area contributed by atoms with Crippen LogP contribution in [0.3, 0.4) is 0 Å². The normalized spacial score (nSPS) is 16.3. The third-order valence-electron chi connectivity index (χ3n) is 4.90. The molecule has 7 heteroatoms. The van der Waals surface area contributed by atoms with Crippen molar-refractivity contribution >= 4 is 44.2 Å². The molecule has 1 N–H and O–H groups in total. The number of aryl methyl sites for hydroxylation is 2. The van der Waals surface area contributed by atoms with E-state index in [1.165, 1.54) is 4.31 Å². The maximum absolute atomic E-state index is 13.0. The second-order valence-electron chi connectivity index (χ2n) is 6.94. The van der Waals surface area contributed by atoms with Gasteiger partial charge in [0, 0.05) is 28.3 Å². The minimum atomic E-state index is -3.53. The molecule has 2 aromatic rings. The Labute approximate surface area is 174 Å². The Balaban J connectivity index is 1.65. The van der Waals surface area contributed by atoms with Gasteiger partial charge in [0.25, 0.3) is 0 Å². The van der Waals surface area contributed by atoms with Crippen LogP contribution in [0.25, 0.3) is 0 Å². The van der Waals surface area contributed by atoms with E-state index in [9.17, 15) is 13.2 Å². The quantitative estimate of drug-likeness (QED) is 0.650. The van der Waals surface area contributed by atoms with Gasteiger partial charge < -0.3 is 5.32 Å². The first-order valence-electron chi connectivity index (χ1n) is 8.91. The number of halogens is 1. The highest BCUT2D eigenvalue weighted by Gasteiger charge is 2.32. The molecule has 0 spiro atoms. The van der Waals surface area contributed by atoms with Crippen LogP contribution in [-0.2, 0) is 14.8 Å². The summed E-state index contributed by atoms with van der Waals surface area (Å²) in [5, 5.41) is 2.93. The van der Waals surface area contributed by atoms with Gasteiger partial charge in [-0.3, -0.25) is 4.79 Å². The fourth-order valence-corrected chi connectivity index (χ4v) is 5.40. The van der Waals surface area contributed by atoms with Crippen molar-refractivity contribution in [1.82, 2.24) is 4.31 Å². The summed E-state index contributed by atoms with van der Waals surface area (Å²) in [7, 11) is -3.53. The molecule has 1 heterocycles. The highest BCUT2D eigenvalue weighted by Crippen LogP contribution is 2.27. The van der Waals surface area contributed by atoms with Crippen molar-refractivity contribution in [2.24, 2.45) is 5.92 Å². The Morgan fingerprint density at radius 1 is 1.07 bits per heavy atom. The van der Waals surface area contributed by atoms with Crippen molar-refractivity contribution in [2.45, 2.75) is 31.6 Å². The number of nitrogens with zero attached hydrogens (tertiary/aromatic N) is 1. The van der Waals surface area contributed by atoms with Gasteiger partial charge in [0.05, 0.1) is 4.90 Å². The van der Waals surface area contributed by atoms with Crippen LogP contribution in [0, 0.1) is 23.3 Å². The van der Waals surface area contributed by atoms with Gasteiger partial charge in [-0.05, 0) is 90.7 Å². The van der Waals surface area contributed by atoms with Gasteiger partial charge in [-0.25, -0.2) is 8.42 Å². The van der Waals surface area contributed by atoms with Crippen molar-refractivity contribution in [1.29, 1.82) is 0 Å². The minimum Gasteiger partial charge on any atom is -0.326 e. The Morgan fingerprint density at radius 2 is 1.70 bits per heavy atom. The smallest absolute Gasteiger partial charge is 0.243 e. The molecule has 0 saturated carbocycles. The van der Waals surface area contributed by atoms with Crippen LogP contribution in [0.15, 0.2) is 47.4 Å². The molecule has 5 nitrogen and oxygen atoms in total. The van der Waals surface area contributed by atoms with Gasteiger partial charge in [-0.1, -0.05) is 12.1 Å². The van der Waals surface area contributed by atoms with Crippen molar-refractivity contribution in [3.63, 3.8) is 0 Å². The number of hydrogen-bond acceptors (Lipinski definition) is 3. The summed E-state index contributed by atoms with van der Waals surface area (Å²) in [6.07, 6.45) is 1.06. The lowest BCUT2D eigenvalue weighted by Crippen LogP contribution is -2.41. The van der Waals surface area contributed by atoms with Gasteiger partial charge in [0.15, 0.2) is 0 Å². The third-order valence-corrected chi connectivity index (χ3v) is 7.66. The lowest BCUT2D eigenvalue weighted by Gasteiger charge is -2.31. The lowest BCUT2D eigenvalue weighted by atomic mass is 9.97. The van der Waals surface area contributed by atoms with Crippen LogP contribution in [0.1, 0.15) is 24.0 Å². The lowest BCUT2D eigenvalue weighted by molar-refractivity contribution is -0.120. The molecule has 27 heavy (non-hydrogen) atoms. The van der Waals surface area contributed by atoms with E-state index in [4.69, 9.17) is 0 Å². The van der Waals surface area contributed by atoms with Crippen molar-refractivity contribution in [2.75, 3.05) is 18.4 Å². The summed E-state index contributed by atoms with van der Waals surface area (Å²) in [5.74, 6) is -0.214. The third kappa shape index (κ3) is 4.70. The number of amides is 1. The van der Waals surface area contributed by atoms with Crippen molar-refractivity contribution in [3.8, 4) is 0 Å². The van der Waals surface area contributed by atoms with Crippen LogP contribution >= 0.6 is 22.6 Å². The van der Waals surface area contributed by atoms with Crippen LogP contribution in [-0.4, -0.2) is 31.7 Å². The van der Waals surface area contributed by atoms with Gasteiger partial charge in [-0.15, -0.1) is 0 Å². The summed E-state index contributed by atoms with van der Waals surface area (Å²) >= 11 is 2.22. The summed E-state index contributed by atoms with van der Waals surface area (Å²) in [4.78, 5) is 12.9. The van der Waals surface area contributed by atoms with E-state index in [-0.39, 0.29) is 11.8 Å². The number of carbonyl (C=O) groups is 1. The first-order chi connectivity index (χ1) is 12.8. The predicted octanol–water partition coefficient (Wildman–Crippen LogP) is 3.95. The Kier molecular flexibility index (Phi) is 6.22. The maximum Gasteiger partial charge on any atom is 0.243 e. The summed E-state index contributed by atoms with van der Waals surface area (Å²) < 4.78 is 28.6. The number of carbonyl (C=O) groups excluding carboxylic acids is 1. The second kappa shape index (κ2) is 8.28. The summed E-state index contributed by atoms with van der Waals surface area (Å²) in [6.45, 7) is 4.42. The van der Waals surface area contributed by atoms with E-state index < -0.39 is 10.0 Å². The number of rotatable bonds is 4. The zero-order valence-corrected chi connectivity index (χ0v) is 18.4. The molecular weight excluding hydrogens is 475 g/mol. The first-order valence-corrected chi connectivity index (χ1v) is 11.4. The van der Waals surface area contributed by atoms with Crippen molar-refractivity contribution < 1.29 is 13.2 Å². The number of sulfonamides is 1. The molecule has 0 aliphatic carbocycles. The van der Waals surface area contributed by atoms with E-state index in [1.807, 2.05) is 50.2 Å². The van der Waals surface area contributed by atoms with Crippen LogP contribution in [0.5, 0.6) is 0 Å². The van der Waals surface area contributed by atoms with Crippen LogP contribution < -0.4 is 5.32 Å². The molecule has 1 aliphatic heterocycles. The van der Waals surface area contributed by atoms with Crippen LogP contribution in [0.2, 0.25) is 0 Å². The second-order valence-corrected chi connectivity index (χ2v) is 10.1. The minimum absolute atomic E-state index is 0.0417. The highest BCUT2D eigenvalue weighted by molar-refractivity contribution is 14.1. The fourth-order valence-electron chi connectivity index (χ4n) is 3.26. The molecule has 1 aliphatic rings. The van der Waals surface area contributed by atoms with Crippen LogP contribution in [0.4, 0.5) is 5.69 Å². The summed E-state index contributed by atoms with van der Waals surface area (Å²) in [5.41, 5.74) is 2.44. The molecule has 2 aromatic carbocycles. The SMILES string of the molecule is Cc1ccc(C)c(S(=O)(=O)N2CCC(C(=O)Nc3ccc(I)cc3)CC2)c1. The molecule has 0 aromatic heterocycles. The van der Waals surface area contributed by atoms with Gasteiger partial charge in [0.1, 0.15) is 0 Å². The molecule has 0 atom stereocenters. The monoisotopic (exact) mass is 498 g/mol. The average Bonchev–Trinajstić information content (AvgIpc) is 2.65. The fraction of sp³-hybridized carbons (Fsp3) is 0.350. The average molecular weight is 498 g/mol. The Morgan fingerprint density at radius 3 is 2.33 bits per heavy atom. The standard InChI is InChI=1S/C20H23IN2O3S/c1-14-3-4-15(2)19(13-14)27(25,26)23-11-9-16(10-12-23)20(24)22-18-7-5-17(21)6-8-18/h3-8,13,16H,9-12H2,1-2H3,(H,22,24). The number of hydrogen-bond donors (Lipinski definition) is 1. The van der Waals surface area contributed by atoms with E-state index in [0.29, 0.717) is 30.8 Å². The Bertz CT molecular complexity index is 934. The summed E-state index contributed by atoms with van der Waals surface area (Å²) in [6, 6.07) is 13.1. The van der Waals surface area contributed by atoms with E-state index in [0.717, 1.165) is 20.4 Å². The molecule has 144 valence electrons. The van der Waals surface area contributed by atoms with E-state index in [1.54, 1.807) is 6.07 Å². The maximum atomic E-state index is 13.0. The van der Waals surface area contributed by atoms with Gasteiger partial charge in [-0.2, -0.15) is 4.31 Å². The molecule has 0 bridgehead atoms. The molecule has 0 radical (unpaired) electrons. The number of piperidine rings is 1. The van der Waals surface area contributed by atoms with Gasteiger partial charge in [0.2, 0.25) is 15.9 Å². The van der Waals surface area contributed by atoms with Gasteiger partial charge >= 0.3 is 0 Å². The van der Waals surface area contributed by atoms with E-state index in [2.05, 4.69) is 27.9 Å². The number of anilines is 1. The number of nitrogens with one attached hydrogen (secondary N) is 1. The molecule has 1 amide bonds. The molecule has 3 rings (SSSR count). The molecular formula is C20H23IN2O3S. The topological polar surface area (TPSA) is 66.5 Å².